The molecule has 5 heteroatoms. The van der Waals surface area contributed by atoms with Gasteiger partial charge in [-0.3, -0.25) is 14.6 Å². The van der Waals surface area contributed by atoms with E-state index in [4.69, 9.17) is 0 Å². The Labute approximate surface area is 160 Å². The first-order chi connectivity index (χ1) is 13.1. The summed E-state index contributed by atoms with van der Waals surface area (Å²) in [5, 5.41) is 0. The molecule has 5 nitrogen and oxygen atoms in total. The van der Waals surface area contributed by atoms with Gasteiger partial charge in [-0.25, -0.2) is 0 Å². The van der Waals surface area contributed by atoms with E-state index >= 15 is 0 Å². The van der Waals surface area contributed by atoms with E-state index in [0.717, 1.165) is 49.0 Å². The van der Waals surface area contributed by atoms with Crippen molar-refractivity contribution in [2.75, 3.05) is 19.6 Å². The Morgan fingerprint density at radius 1 is 1.15 bits per heavy atom. The third kappa shape index (κ3) is 3.34. The number of likely N-dealkylation sites (tertiary alicyclic amines) is 2. The molecule has 1 spiro atoms. The summed E-state index contributed by atoms with van der Waals surface area (Å²) in [6.45, 7) is 4.57. The highest BCUT2D eigenvalue weighted by Crippen LogP contribution is 2.41. The Bertz CT molecular complexity index is 852. The number of carbonyl (C=O) groups excluding carboxylic acids is 2. The molecule has 0 saturated carbocycles. The third-order valence-corrected chi connectivity index (χ3v) is 5.94. The standard InChI is InChI=1S/C22H25N3O2/c1-17-6-2-3-8-19(17)20(26)25-12-5-9-22(16-25)10-13-24(21(22)27)15-18-7-4-11-23-14-18/h2-4,6-8,11,14H,5,9-10,12-13,15-16H2,1H3/t22-/m1/s1. The number of pyridine rings is 1. The molecule has 140 valence electrons. The van der Waals surface area contributed by atoms with Crippen molar-refractivity contribution in [2.45, 2.75) is 32.7 Å². The van der Waals surface area contributed by atoms with Crippen molar-refractivity contribution in [3.8, 4) is 0 Å². The minimum Gasteiger partial charge on any atom is -0.338 e. The molecule has 2 aliphatic heterocycles. The monoisotopic (exact) mass is 363 g/mol. The van der Waals surface area contributed by atoms with Crippen molar-refractivity contribution < 1.29 is 9.59 Å². The summed E-state index contributed by atoms with van der Waals surface area (Å²) in [6.07, 6.45) is 6.13. The minimum absolute atomic E-state index is 0.0469. The molecule has 0 radical (unpaired) electrons. The number of rotatable bonds is 3. The van der Waals surface area contributed by atoms with Crippen LogP contribution < -0.4 is 0 Å². The van der Waals surface area contributed by atoms with E-state index in [1.54, 1.807) is 6.20 Å². The van der Waals surface area contributed by atoms with Gasteiger partial charge in [-0.15, -0.1) is 0 Å². The van der Waals surface area contributed by atoms with Crippen molar-refractivity contribution in [1.82, 2.24) is 14.8 Å². The predicted molar refractivity (Wildman–Crippen MR) is 103 cm³/mol. The second-order valence-electron chi connectivity index (χ2n) is 7.76. The topological polar surface area (TPSA) is 53.5 Å². The average Bonchev–Trinajstić information content (AvgIpc) is 2.98. The lowest BCUT2D eigenvalue weighted by molar-refractivity contribution is -0.138. The van der Waals surface area contributed by atoms with Crippen LogP contribution in [-0.4, -0.2) is 46.2 Å². The Kier molecular flexibility index (Phi) is 4.68. The van der Waals surface area contributed by atoms with Crippen LogP contribution >= 0.6 is 0 Å². The molecule has 3 heterocycles. The summed E-state index contributed by atoms with van der Waals surface area (Å²) in [5.41, 5.74) is 2.36. The van der Waals surface area contributed by atoms with Crippen molar-refractivity contribution in [3.63, 3.8) is 0 Å². The number of aromatic nitrogens is 1. The van der Waals surface area contributed by atoms with Gasteiger partial charge in [0.15, 0.2) is 0 Å². The average molecular weight is 363 g/mol. The summed E-state index contributed by atoms with van der Waals surface area (Å²) in [4.78, 5) is 34.2. The van der Waals surface area contributed by atoms with Gasteiger partial charge in [-0.2, -0.15) is 0 Å². The molecular weight excluding hydrogens is 338 g/mol. The molecule has 4 rings (SSSR count). The summed E-state index contributed by atoms with van der Waals surface area (Å²) < 4.78 is 0. The van der Waals surface area contributed by atoms with Gasteiger partial charge in [0.2, 0.25) is 5.91 Å². The molecule has 1 aromatic heterocycles. The van der Waals surface area contributed by atoms with Crippen LogP contribution in [-0.2, 0) is 11.3 Å². The fraction of sp³-hybridized carbons (Fsp3) is 0.409. The van der Waals surface area contributed by atoms with Gasteiger partial charge in [0.25, 0.3) is 5.91 Å². The van der Waals surface area contributed by atoms with Gasteiger partial charge in [0.05, 0.1) is 5.41 Å². The van der Waals surface area contributed by atoms with Gasteiger partial charge in [0, 0.05) is 44.1 Å². The molecule has 27 heavy (non-hydrogen) atoms. The van der Waals surface area contributed by atoms with Gasteiger partial charge in [-0.1, -0.05) is 24.3 Å². The van der Waals surface area contributed by atoms with Gasteiger partial charge in [0.1, 0.15) is 0 Å². The molecule has 0 aliphatic carbocycles. The summed E-state index contributed by atoms with van der Waals surface area (Å²) in [6, 6.07) is 11.6. The molecule has 2 fully saturated rings. The van der Waals surface area contributed by atoms with Gasteiger partial charge in [-0.05, 0) is 49.4 Å². The highest BCUT2D eigenvalue weighted by Gasteiger charge is 2.49. The minimum atomic E-state index is -0.418. The highest BCUT2D eigenvalue weighted by atomic mass is 16.2. The van der Waals surface area contributed by atoms with Crippen molar-refractivity contribution >= 4 is 11.8 Å². The molecule has 2 aliphatic rings. The molecule has 1 atom stereocenters. The Morgan fingerprint density at radius 3 is 2.78 bits per heavy atom. The quantitative estimate of drug-likeness (QED) is 0.842. The number of aryl methyl sites for hydroxylation is 1. The normalized spacial score (nSPS) is 22.5. The fourth-order valence-electron chi connectivity index (χ4n) is 4.42. The summed E-state index contributed by atoms with van der Waals surface area (Å²) in [7, 11) is 0. The van der Waals surface area contributed by atoms with Gasteiger partial charge < -0.3 is 9.80 Å². The van der Waals surface area contributed by atoms with Gasteiger partial charge >= 0.3 is 0 Å². The Hall–Kier alpha value is -2.69. The predicted octanol–water partition coefficient (Wildman–Crippen LogP) is 3.04. The molecule has 2 saturated heterocycles. The van der Waals surface area contributed by atoms with E-state index in [0.29, 0.717) is 13.1 Å². The van der Waals surface area contributed by atoms with Crippen LogP contribution in [0.1, 0.15) is 40.7 Å². The lowest BCUT2D eigenvalue weighted by Crippen LogP contribution is -2.49. The molecule has 0 N–H and O–H groups in total. The van der Waals surface area contributed by atoms with Crippen LogP contribution in [0, 0.1) is 12.3 Å². The molecule has 2 aromatic rings. The number of hydrogen-bond donors (Lipinski definition) is 0. The summed E-state index contributed by atoms with van der Waals surface area (Å²) >= 11 is 0. The molecule has 2 amide bonds. The first kappa shape index (κ1) is 17.7. The fourth-order valence-corrected chi connectivity index (χ4v) is 4.42. The number of carbonyl (C=O) groups is 2. The third-order valence-electron chi connectivity index (χ3n) is 5.94. The number of piperidine rings is 1. The van der Waals surface area contributed by atoms with Crippen molar-refractivity contribution in [2.24, 2.45) is 5.41 Å². The highest BCUT2D eigenvalue weighted by molar-refractivity contribution is 5.96. The van der Waals surface area contributed by atoms with E-state index in [-0.39, 0.29) is 11.8 Å². The maximum atomic E-state index is 13.2. The SMILES string of the molecule is Cc1ccccc1C(=O)N1CCC[C@@]2(CCN(Cc3cccnc3)C2=O)C1. The van der Waals surface area contributed by atoms with E-state index in [1.807, 2.05) is 59.3 Å². The van der Waals surface area contributed by atoms with Crippen LogP contribution in [0.3, 0.4) is 0 Å². The largest absolute Gasteiger partial charge is 0.338 e. The lowest BCUT2D eigenvalue weighted by atomic mass is 9.78. The molecule has 1 aromatic carbocycles. The molecular formula is C22H25N3O2. The summed E-state index contributed by atoms with van der Waals surface area (Å²) in [5.74, 6) is 0.235. The van der Waals surface area contributed by atoms with Crippen LogP contribution in [0.2, 0.25) is 0 Å². The second-order valence-corrected chi connectivity index (χ2v) is 7.76. The number of benzene rings is 1. The van der Waals surface area contributed by atoms with Crippen LogP contribution in [0.25, 0.3) is 0 Å². The smallest absolute Gasteiger partial charge is 0.254 e. The van der Waals surface area contributed by atoms with Crippen LogP contribution in [0.15, 0.2) is 48.8 Å². The first-order valence-corrected chi connectivity index (χ1v) is 9.62. The zero-order valence-electron chi connectivity index (χ0n) is 15.7. The zero-order valence-corrected chi connectivity index (χ0v) is 15.7. The molecule has 0 unspecified atom stereocenters. The maximum absolute atomic E-state index is 13.2. The number of hydrogen-bond acceptors (Lipinski definition) is 3. The van der Waals surface area contributed by atoms with Crippen LogP contribution in [0.4, 0.5) is 0 Å². The van der Waals surface area contributed by atoms with E-state index in [2.05, 4.69) is 4.98 Å². The maximum Gasteiger partial charge on any atom is 0.254 e. The number of nitrogens with zero attached hydrogens (tertiary/aromatic N) is 3. The zero-order chi connectivity index (χ0) is 18.9. The lowest BCUT2D eigenvalue weighted by Gasteiger charge is -2.39. The van der Waals surface area contributed by atoms with Crippen molar-refractivity contribution in [3.05, 3.63) is 65.5 Å². The number of amides is 2. The van der Waals surface area contributed by atoms with E-state index in [9.17, 15) is 9.59 Å². The van der Waals surface area contributed by atoms with E-state index < -0.39 is 5.41 Å². The first-order valence-electron chi connectivity index (χ1n) is 9.62. The Balaban J connectivity index is 1.50. The molecule has 0 bridgehead atoms. The van der Waals surface area contributed by atoms with Crippen LogP contribution in [0.5, 0.6) is 0 Å². The van der Waals surface area contributed by atoms with Crippen molar-refractivity contribution in [1.29, 1.82) is 0 Å². The second kappa shape index (κ2) is 7.14. The Morgan fingerprint density at radius 2 is 2.00 bits per heavy atom. The van der Waals surface area contributed by atoms with E-state index in [1.165, 1.54) is 0 Å².